The van der Waals surface area contributed by atoms with E-state index < -0.39 is 0 Å². The second kappa shape index (κ2) is 4.40. The van der Waals surface area contributed by atoms with Crippen molar-refractivity contribution in [3.05, 3.63) is 11.8 Å². The zero-order valence-corrected chi connectivity index (χ0v) is 8.26. The van der Waals surface area contributed by atoms with Crippen molar-refractivity contribution in [3.63, 3.8) is 0 Å². The second-order valence-corrected chi connectivity index (χ2v) is 2.72. The van der Waals surface area contributed by atoms with Crippen LogP contribution in [-0.2, 0) is 0 Å². The van der Waals surface area contributed by atoms with Gasteiger partial charge in [-0.1, -0.05) is 13.0 Å². The summed E-state index contributed by atoms with van der Waals surface area (Å²) < 4.78 is 0. The minimum absolute atomic E-state index is 0.113. The maximum Gasteiger partial charge on any atom is 0.175 e. The van der Waals surface area contributed by atoms with Crippen LogP contribution in [0.15, 0.2) is 22.0 Å². The number of nitrogens with zero attached hydrogens (tertiary/aromatic N) is 2. The number of hydrogen-bond acceptors (Lipinski definition) is 5. The van der Waals surface area contributed by atoms with Crippen molar-refractivity contribution in [2.24, 2.45) is 15.9 Å². The standard InChI is InChI=1S/C8H14N6/c1-3-5(4-2)11-12-6-7(9)13-14-8(6)10/h3,11H,4H2,1-2H3,(H4,9,10,12,13,14)/b5-3+. The predicted octanol–water partition coefficient (Wildman–Crippen LogP) is 0.0985. The highest BCUT2D eigenvalue weighted by Crippen LogP contribution is 1.96. The minimum Gasteiger partial charge on any atom is -0.380 e. The number of hydrazone groups is 2. The van der Waals surface area contributed by atoms with E-state index in [0.717, 1.165) is 12.1 Å². The summed E-state index contributed by atoms with van der Waals surface area (Å²) in [6, 6.07) is 0. The molecule has 76 valence electrons. The van der Waals surface area contributed by atoms with Crippen molar-refractivity contribution in [1.82, 2.24) is 10.9 Å². The zero-order valence-electron chi connectivity index (χ0n) is 8.26. The molecule has 1 rings (SSSR count). The molecular formula is C8H14N6. The van der Waals surface area contributed by atoms with E-state index in [-0.39, 0.29) is 11.7 Å². The maximum absolute atomic E-state index is 7.40. The lowest BCUT2D eigenvalue weighted by atomic mass is 10.3. The number of nitrogens with two attached hydrogens (primary N) is 1. The third-order valence-corrected chi connectivity index (χ3v) is 1.81. The van der Waals surface area contributed by atoms with E-state index in [1.54, 1.807) is 0 Å². The van der Waals surface area contributed by atoms with E-state index in [9.17, 15) is 0 Å². The van der Waals surface area contributed by atoms with Crippen LogP contribution in [0, 0.1) is 5.41 Å². The fraction of sp³-hybridized carbons (Fsp3) is 0.375. The van der Waals surface area contributed by atoms with Crippen molar-refractivity contribution in [2.45, 2.75) is 20.3 Å². The molecule has 14 heavy (non-hydrogen) atoms. The lowest BCUT2D eigenvalue weighted by Crippen LogP contribution is -2.29. The molecule has 0 aromatic carbocycles. The van der Waals surface area contributed by atoms with Gasteiger partial charge < -0.3 is 5.73 Å². The molecule has 0 saturated carbocycles. The Morgan fingerprint density at radius 2 is 2.50 bits per heavy atom. The Labute approximate surface area is 82.5 Å². The molecule has 0 aromatic rings. The first-order valence-corrected chi connectivity index (χ1v) is 4.36. The summed E-state index contributed by atoms with van der Waals surface area (Å²) in [5.41, 5.74) is 12.1. The number of rotatable bonds is 3. The molecule has 0 saturated heterocycles. The van der Waals surface area contributed by atoms with Crippen molar-refractivity contribution < 1.29 is 0 Å². The molecule has 1 aliphatic rings. The third kappa shape index (κ3) is 2.09. The summed E-state index contributed by atoms with van der Waals surface area (Å²) in [6.07, 6.45) is 2.77. The SMILES string of the molecule is C/C=C(\CC)N/N=C1\C(=N)NN=C1N. The van der Waals surface area contributed by atoms with Crippen LogP contribution in [0.1, 0.15) is 20.3 Å². The van der Waals surface area contributed by atoms with Gasteiger partial charge in [-0.15, -0.1) is 0 Å². The molecule has 0 bridgehead atoms. The van der Waals surface area contributed by atoms with Gasteiger partial charge in [0.05, 0.1) is 0 Å². The van der Waals surface area contributed by atoms with E-state index >= 15 is 0 Å². The molecule has 0 aromatic heterocycles. The summed E-state index contributed by atoms with van der Waals surface area (Å²) in [4.78, 5) is 0. The van der Waals surface area contributed by atoms with E-state index in [4.69, 9.17) is 11.1 Å². The quantitative estimate of drug-likeness (QED) is 0.479. The molecule has 5 N–H and O–H groups in total. The molecule has 1 aliphatic heterocycles. The van der Waals surface area contributed by atoms with Crippen LogP contribution in [0.2, 0.25) is 0 Å². The maximum atomic E-state index is 7.40. The predicted molar refractivity (Wildman–Crippen MR) is 57.1 cm³/mol. The Balaban J connectivity index is 2.69. The van der Waals surface area contributed by atoms with Crippen molar-refractivity contribution >= 4 is 17.4 Å². The van der Waals surface area contributed by atoms with Gasteiger partial charge in [0.15, 0.2) is 17.4 Å². The van der Waals surface area contributed by atoms with E-state index in [1.165, 1.54) is 0 Å². The van der Waals surface area contributed by atoms with Crippen molar-refractivity contribution in [3.8, 4) is 0 Å². The van der Waals surface area contributed by atoms with E-state index in [1.807, 2.05) is 19.9 Å². The molecule has 0 unspecified atom stereocenters. The minimum atomic E-state index is 0.113. The molecule has 0 radical (unpaired) electrons. The van der Waals surface area contributed by atoms with Gasteiger partial charge in [0.25, 0.3) is 0 Å². The van der Waals surface area contributed by atoms with E-state index in [0.29, 0.717) is 5.71 Å². The van der Waals surface area contributed by atoms with Gasteiger partial charge in [-0.05, 0) is 13.3 Å². The molecule has 0 amide bonds. The number of amidine groups is 2. The van der Waals surface area contributed by atoms with Crippen LogP contribution in [-0.4, -0.2) is 17.4 Å². The first-order chi connectivity index (χ1) is 6.69. The third-order valence-electron chi connectivity index (χ3n) is 1.81. The summed E-state index contributed by atoms with van der Waals surface area (Å²) in [5, 5.41) is 15.0. The Kier molecular flexibility index (Phi) is 3.22. The van der Waals surface area contributed by atoms with Crippen LogP contribution in [0.3, 0.4) is 0 Å². The molecule has 0 fully saturated rings. The van der Waals surface area contributed by atoms with Gasteiger partial charge >= 0.3 is 0 Å². The normalized spacial score (nSPS) is 19.6. The summed E-state index contributed by atoms with van der Waals surface area (Å²) >= 11 is 0. The number of hydrogen-bond donors (Lipinski definition) is 4. The first-order valence-electron chi connectivity index (χ1n) is 4.36. The number of allylic oxidation sites excluding steroid dienone is 2. The lowest BCUT2D eigenvalue weighted by molar-refractivity contribution is 0.829. The monoisotopic (exact) mass is 194 g/mol. The van der Waals surface area contributed by atoms with Crippen LogP contribution in [0.5, 0.6) is 0 Å². The van der Waals surface area contributed by atoms with Crippen LogP contribution in [0.25, 0.3) is 0 Å². The number of nitrogens with one attached hydrogen (secondary N) is 3. The van der Waals surface area contributed by atoms with Gasteiger partial charge in [0, 0.05) is 5.70 Å². The van der Waals surface area contributed by atoms with Gasteiger partial charge in [-0.2, -0.15) is 10.2 Å². The first kappa shape index (κ1) is 10.2. The van der Waals surface area contributed by atoms with Gasteiger partial charge in [-0.3, -0.25) is 16.3 Å². The highest BCUT2D eigenvalue weighted by Gasteiger charge is 2.18. The average molecular weight is 194 g/mol. The molecule has 0 atom stereocenters. The zero-order chi connectivity index (χ0) is 10.6. The molecule has 0 aliphatic carbocycles. The Hall–Kier alpha value is -1.85. The molecule has 1 heterocycles. The fourth-order valence-corrected chi connectivity index (χ4v) is 0.939. The average Bonchev–Trinajstić information content (AvgIpc) is 2.50. The highest BCUT2D eigenvalue weighted by atomic mass is 15.4. The van der Waals surface area contributed by atoms with Gasteiger partial charge in [0.2, 0.25) is 0 Å². The topological polar surface area (TPSA) is 98.6 Å². The molecule has 0 spiro atoms. The van der Waals surface area contributed by atoms with Crippen LogP contribution >= 0.6 is 0 Å². The lowest BCUT2D eigenvalue weighted by Gasteiger charge is -2.03. The highest BCUT2D eigenvalue weighted by molar-refractivity contribution is 6.68. The van der Waals surface area contributed by atoms with Crippen LogP contribution in [0.4, 0.5) is 0 Å². The van der Waals surface area contributed by atoms with Crippen molar-refractivity contribution in [2.75, 3.05) is 0 Å². The second-order valence-electron chi connectivity index (χ2n) is 2.72. The summed E-state index contributed by atoms with van der Waals surface area (Å²) in [7, 11) is 0. The van der Waals surface area contributed by atoms with Crippen molar-refractivity contribution in [1.29, 1.82) is 5.41 Å². The van der Waals surface area contributed by atoms with Crippen LogP contribution < -0.4 is 16.6 Å². The van der Waals surface area contributed by atoms with Gasteiger partial charge in [-0.25, -0.2) is 0 Å². The molecule has 6 heteroatoms. The Morgan fingerprint density at radius 1 is 1.79 bits per heavy atom. The summed E-state index contributed by atoms with van der Waals surface area (Å²) in [5.74, 6) is 0.343. The summed E-state index contributed by atoms with van der Waals surface area (Å²) in [6.45, 7) is 3.93. The smallest absolute Gasteiger partial charge is 0.175 e. The largest absolute Gasteiger partial charge is 0.380 e. The Morgan fingerprint density at radius 3 is 2.93 bits per heavy atom. The molecule has 6 nitrogen and oxygen atoms in total. The van der Waals surface area contributed by atoms with Gasteiger partial charge in [0.1, 0.15) is 0 Å². The molecular weight excluding hydrogens is 180 g/mol. The Bertz CT molecular complexity index is 325. The fourth-order valence-electron chi connectivity index (χ4n) is 0.939. The van der Waals surface area contributed by atoms with E-state index in [2.05, 4.69) is 21.1 Å².